The van der Waals surface area contributed by atoms with Crippen molar-refractivity contribution in [2.75, 3.05) is 72.6 Å². The highest BCUT2D eigenvalue weighted by Gasteiger charge is 2.19. The van der Waals surface area contributed by atoms with E-state index in [4.69, 9.17) is 4.74 Å². The number of piperidine rings is 1. The summed E-state index contributed by atoms with van der Waals surface area (Å²) in [6.45, 7) is 13.0. The molecule has 164 valence electrons. The Hall–Kier alpha value is -1.18. The average Bonchev–Trinajstić information content (AvgIpc) is 2.75. The molecule has 0 aliphatic carbocycles. The molecule has 0 amide bonds. The molecule has 6 heteroatoms. The number of β-amino-alcohol motifs (C(OH)–C–C–N with tert-alkyl or cyclic N) is 1. The lowest BCUT2D eigenvalue weighted by Gasteiger charge is -2.34. The molecule has 0 aromatic heterocycles. The van der Waals surface area contributed by atoms with Gasteiger partial charge in [-0.1, -0.05) is 19.1 Å². The van der Waals surface area contributed by atoms with Gasteiger partial charge in [-0.15, -0.1) is 0 Å². The first-order valence-electron chi connectivity index (χ1n) is 11.4. The number of piperazine rings is 1. The molecule has 2 N–H and O–H groups in total. The van der Waals surface area contributed by atoms with Gasteiger partial charge in [0.1, 0.15) is 18.5 Å². The predicted octanol–water partition coefficient (Wildman–Crippen LogP) is 1.50. The van der Waals surface area contributed by atoms with E-state index in [2.05, 4.69) is 46.1 Å². The maximum Gasteiger partial charge on any atom is 0.119 e. The number of benzene rings is 1. The molecule has 2 aliphatic heterocycles. The number of rotatable bonds is 10. The quantitative estimate of drug-likeness (QED) is 0.616. The Labute approximate surface area is 176 Å². The molecule has 0 spiro atoms. The molecule has 2 aliphatic rings. The fourth-order valence-corrected chi connectivity index (χ4v) is 4.26. The molecule has 0 unspecified atom stereocenters. The summed E-state index contributed by atoms with van der Waals surface area (Å²) in [6, 6.07) is 8.25. The summed E-state index contributed by atoms with van der Waals surface area (Å²) in [5, 5.41) is 14.0. The lowest BCUT2D eigenvalue weighted by atomic mass is 9.97. The predicted molar refractivity (Wildman–Crippen MR) is 118 cm³/mol. The van der Waals surface area contributed by atoms with Gasteiger partial charge in [-0.2, -0.15) is 0 Å². The molecule has 2 saturated heterocycles. The van der Waals surface area contributed by atoms with Crippen molar-refractivity contribution in [2.45, 2.75) is 32.4 Å². The molecule has 1 atom stereocenters. The molecular weight excluding hydrogens is 364 g/mol. The normalized spacial score (nSPS) is 21.3. The van der Waals surface area contributed by atoms with Crippen LogP contribution in [0.4, 0.5) is 0 Å². The van der Waals surface area contributed by atoms with Crippen molar-refractivity contribution in [1.29, 1.82) is 0 Å². The van der Waals surface area contributed by atoms with E-state index in [1.54, 1.807) is 0 Å². The van der Waals surface area contributed by atoms with Crippen molar-refractivity contribution in [3.63, 3.8) is 0 Å². The summed E-state index contributed by atoms with van der Waals surface area (Å²) >= 11 is 0. The van der Waals surface area contributed by atoms with Crippen LogP contribution >= 0.6 is 0 Å². The minimum Gasteiger partial charge on any atom is -0.491 e. The van der Waals surface area contributed by atoms with Crippen molar-refractivity contribution >= 4 is 0 Å². The standard InChI is InChI=1S/C23H40N4O2/c1-3-26-11-13-27(14-12-26)18-22(28)19-29-23-6-4-5-21(15-23)17-24-16-20-7-9-25(2)10-8-20/h4-6,15,20,22,24,28H,3,7-14,16-19H2,1-2H3/t22-/m1/s1. The van der Waals surface area contributed by atoms with Crippen LogP contribution < -0.4 is 10.1 Å². The molecule has 3 rings (SSSR count). The monoisotopic (exact) mass is 404 g/mol. The first kappa shape index (κ1) is 22.5. The van der Waals surface area contributed by atoms with E-state index in [0.717, 1.165) is 57.5 Å². The highest BCUT2D eigenvalue weighted by molar-refractivity contribution is 5.28. The third kappa shape index (κ3) is 7.87. The van der Waals surface area contributed by atoms with Crippen molar-refractivity contribution in [3.8, 4) is 5.75 Å². The zero-order chi connectivity index (χ0) is 20.5. The number of likely N-dealkylation sites (N-methyl/N-ethyl adjacent to an activating group) is 1. The summed E-state index contributed by atoms with van der Waals surface area (Å²) in [5.41, 5.74) is 1.24. The smallest absolute Gasteiger partial charge is 0.119 e. The van der Waals surface area contributed by atoms with Crippen molar-refractivity contribution in [2.24, 2.45) is 5.92 Å². The lowest BCUT2D eigenvalue weighted by Crippen LogP contribution is -2.49. The van der Waals surface area contributed by atoms with Crippen LogP contribution in [0.1, 0.15) is 25.3 Å². The number of hydrogen-bond acceptors (Lipinski definition) is 6. The zero-order valence-corrected chi connectivity index (χ0v) is 18.4. The molecular formula is C23H40N4O2. The Kier molecular flexibility index (Phi) is 9.21. The number of ether oxygens (including phenoxy) is 1. The average molecular weight is 405 g/mol. The molecule has 0 radical (unpaired) electrons. The fourth-order valence-electron chi connectivity index (χ4n) is 4.26. The molecule has 2 fully saturated rings. The Morgan fingerprint density at radius 3 is 2.55 bits per heavy atom. The second-order valence-corrected chi connectivity index (χ2v) is 8.72. The van der Waals surface area contributed by atoms with Gasteiger partial charge in [0.25, 0.3) is 0 Å². The molecule has 0 saturated carbocycles. The number of aliphatic hydroxyl groups is 1. The maximum absolute atomic E-state index is 10.4. The van der Waals surface area contributed by atoms with Gasteiger partial charge < -0.3 is 25.0 Å². The van der Waals surface area contributed by atoms with E-state index in [1.165, 1.54) is 31.5 Å². The van der Waals surface area contributed by atoms with Gasteiger partial charge in [-0.25, -0.2) is 0 Å². The number of hydrogen-bond donors (Lipinski definition) is 2. The lowest BCUT2D eigenvalue weighted by molar-refractivity contribution is 0.0471. The second kappa shape index (κ2) is 11.9. The molecule has 6 nitrogen and oxygen atoms in total. The van der Waals surface area contributed by atoms with Crippen molar-refractivity contribution in [3.05, 3.63) is 29.8 Å². The first-order chi connectivity index (χ1) is 14.1. The Morgan fingerprint density at radius 2 is 1.83 bits per heavy atom. The van der Waals surface area contributed by atoms with Crippen molar-refractivity contribution in [1.82, 2.24) is 20.0 Å². The van der Waals surface area contributed by atoms with Crippen LogP contribution in [0, 0.1) is 5.92 Å². The summed E-state index contributed by atoms with van der Waals surface area (Å²) < 4.78 is 5.88. The summed E-state index contributed by atoms with van der Waals surface area (Å²) in [6.07, 6.45) is 2.13. The van der Waals surface area contributed by atoms with Crippen LogP contribution in [0.15, 0.2) is 24.3 Å². The largest absolute Gasteiger partial charge is 0.491 e. The Bertz CT molecular complexity index is 584. The Morgan fingerprint density at radius 1 is 1.10 bits per heavy atom. The van der Waals surface area contributed by atoms with Crippen LogP contribution in [0.2, 0.25) is 0 Å². The zero-order valence-electron chi connectivity index (χ0n) is 18.4. The molecule has 29 heavy (non-hydrogen) atoms. The molecule has 0 bridgehead atoms. The fraction of sp³-hybridized carbons (Fsp3) is 0.739. The van der Waals surface area contributed by atoms with Crippen LogP contribution in [-0.4, -0.2) is 98.5 Å². The van der Waals surface area contributed by atoms with E-state index in [-0.39, 0.29) is 0 Å². The van der Waals surface area contributed by atoms with Crippen LogP contribution in [-0.2, 0) is 6.54 Å². The van der Waals surface area contributed by atoms with E-state index in [1.807, 2.05) is 12.1 Å². The molecule has 2 heterocycles. The van der Waals surface area contributed by atoms with E-state index >= 15 is 0 Å². The molecule has 1 aromatic carbocycles. The third-order valence-electron chi connectivity index (χ3n) is 6.32. The van der Waals surface area contributed by atoms with Gasteiger partial charge in [-0.3, -0.25) is 4.90 Å². The summed E-state index contributed by atoms with van der Waals surface area (Å²) in [7, 11) is 2.21. The summed E-state index contributed by atoms with van der Waals surface area (Å²) in [4.78, 5) is 7.20. The highest BCUT2D eigenvalue weighted by Crippen LogP contribution is 2.16. The van der Waals surface area contributed by atoms with Gasteiger partial charge in [0.15, 0.2) is 0 Å². The van der Waals surface area contributed by atoms with Gasteiger partial charge in [0, 0.05) is 39.3 Å². The van der Waals surface area contributed by atoms with Crippen LogP contribution in [0.5, 0.6) is 5.75 Å². The van der Waals surface area contributed by atoms with Crippen LogP contribution in [0.25, 0.3) is 0 Å². The van der Waals surface area contributed by atoms with Gasteiger partial charge in [0.05, 0.1) is 0 Å². The van der Waals surface area contributed by atoms with Gasteiger partial charge in [0.2, 0.25) is 0 Å². The van der Waals surface area contributed by atoms with Gasteiger partial charge in [-0.05, 0) is 69.7 Å². The Balaban J connectivity index is 1.33. The van der Waals surface area contributed by atoms with E-state index in [9.17, 15) is 5.11 Å². The first-order valence-corrected chi connectivity index (χ1v) is 11.4. The maximum atomic E-state index is 10.4. The van der Waals surface area contributed by atoms with E-state index in [0.29, 0.717) is 13.2 Å². The second-order valence-electron chi connectivity index (χ2n) is 8.72. The molecule has 1 aromatic rings. The number of likely N-dealkylation sites (tertiary alicyclic amines) is 1. The summed E-state index contributed by atoms with van der Waals surface area (Å²) in [5.74, 6) is 1.64. The number of nitrogens with one attached hydrogen (secondary N) is 1. The minimum atomic E-state index is -0.450. The van der Waals surface area contributed by atoms with Crippen LogP contribution in [0.3, 0.4) is 0 Å². The minimum absolute atomic E-state index is 0.348. The highest BCUT2D eigenvalue weighted by atomic mass is 16.5. The SMILES string of the molecule is CCN1CCN(C[C@@H](O)COc2cccc(CNCC3CCN(C)CC3)c2)CC1. The van der Waals surface area contributed by atoms with E-state index < -0.39 is 6.10 Å². The number of nitrogens with zero attached hydrogens (tertiary/aromatic N) is 3. The third-order valence-corrected chi connectivity index (χ3v) is 6.32. The van der Waals surface area contributed by atoms with Gasteiger partial charge >= 0.3 is 0 Å². The van der Waals surface area contributed by atoms with Crippen molar-refractivity contribution < 1.29 is 9.84 Å². The topological polar surface area (TPSA) is 51.2 Å². The number of aliphatic hydroxyl groups excluding tert-OH is 1.